The number of thioether (sulfide) groups is 1. The van der Waals surface area contributed by atoms with Gasteiger partial charge in [0.15, 0.2) is 0 Å². The second-order valence-electron chi connectivity index (χ2n) is 4.57. The Morgan fingerprint density at radius 2 is 2.06 bits per heavy atom. The van der Waals surface area contributed by atoms with Gasteiger partial charge in [0.25, 0.3) is 0 Å². The van der Waals surface area contributed by atoms with Crippen molar-refractivity contribution in [1.29, 1.82) is 0 Å². The van der Waals surface area contributed by atoms with E-state index in [0.29, 0.717) is 6.04 Å². The van der Waals surface area contributed by atoms with Crippen LogP contribution in [0.3, 0.4) is 0 Å². The predicted molar refractivity (Wildman–Crippen MR) is 78.5 cm³/mol. The normalized spacial score (nSPS) is 13.0. The molecule has 0 aliphatic rings. The van der Waals surface area contributed by atoms with Gasteiger partial charge in [-0.25, -0.2) is 0 Å². The highest BCUT2D eigenvalue weighted by molar-refractivity contribution is 7.98. The summed E-state index contributed by atoms with van der Waals surface area (Å²) in [5.74, 6) is 1.19. The summed E-state index contributed by atoms with van der Waals surface area (Å²) >= 11 is 1.91. The number of rotatable bonds is 7. The van der Waals surface area contributed by atoms with Gasteiger partial charge < -0.3 is 5.32 Å². The van der Waals surface area contributed by atoms with Crippen LogP contribution in [0, 0.1) is 0 Å². The molecular formula is C14H24N2S. The predicted octanol–water partition coefficient (Wildman–Crippen LogP) is 2.59. The standard InChI is InChI=1S/C14H24N2S/c1-12(11-17-4)16(3)10-14-7-5-6-13(8-14)9-15-2/h5-8,12,15H,9-11H2,1-4H3. The lowest BCUT2D eigenvalue weighted by molar-refractivity contribution is 0.269. The molecule has 0 bridgehead atoms. The van der Waals surface area contributed by atoms with Crippen molar-refractivity contribution in [2.45, 2.75) is 26.1 Å². The summed E-state index contributed by atoms with van der Waals surface area (Å²) in [6.07, 6.45) is 2.16. The van der Waals surface area contributed by atoms with Crippen molar-refractivity contribution in [3.63, 3.8) is 0 Å². The molecule has 0 aliphatic heterocycles. The van der Waals surface area contributed by atoms with Crippen molar-refractivity contribution in [2.24, 2.45) is 0 Å². The molecule has 0 aromatic heterocycles. The molecule has 96 valence electrons. The third-order valence-corrected chi connectivity index (χ3v) is 3.78. The molecule has 2 nitrogen and oxygen atoms in total. The zero-order valence-corrected chi connectivity index (χ0v) is 12.2. The Morgan fingerprint density at radius 3 is 2.71 bits per heavy atom. The van der Waals surface area contributed by atoms with Gasteiger partial charge in [0.2, 0.25) is 0 Å². The monoisotopic (exact) mass is 252 g/mol. The molecule has 0 saturated carbocycles. The zero-order chi connectivity index (χ0) is 12.7. The minimum Gasteiger partial charge on any atom is -0.316 e. The maximum atomic E-state index is 3.19. The van der Waals surface area contributed by atoms with E-state index in [1.165, 1.54) is 16.9 Å². The van der Waals surface area contributed by atoms with Crippen LogP contribution in [0.5, 0.6) is 0 Å². The van der Waals surface area contributed by atoms with Crippen molar-refractivity contribution in [1.82, 2.24) is 10.2 Å². The van der Waals surface area contributed by atoms with Gasteiger partial charge in [-0.05, 0) is 38.4 Å². The van der Waals surface area contributed by atoms with Crippen LogP contribution in [0.25, 0.3) is 0 Å². The first-order valence-electron chi connectivity index (χ1n) is 6.09. The van der Waals surface area contributed by atoms with E-state index in [4.69, 9.17) is 0 Å². The van der Waals surface area contributed by atoms with Gasteiger partial charge >= 0.3 is 0 Å². The van der Waals surface area contributed by atoms with E-state index in [-0.39, 0.29) is 0 Å². The first-order chi connectivity index (χ1) is 8.17. The summed E-state index contributed by atoms with van der Waals surface area (Å²) in [5, 5.41) is 3.19. The molecule has 0 fully saturated rings. The summed E-state index contributed by atoms with van der Waals surface area (Å²) in [5.41, 5.74) is 2.75. The molecule has 1 aromatic carbocycles. The molecule has 0 radical (unpaired) electrons. The van der Waals surface area contributed by atoms with Gasteiger partial charge in [-0.15, -0.1) is 0 Å². The quantitative estimate of drug-likeness (QED) is 0.803. The van der Waals surface area contributed by atoms with Gasteiger partial charge in [0.1, 0.15) is 0 Å². The van der Waals surface area contributed by atoms with Crippen molar-refractivity contribution in [3.05, 3.63) is 35.4 Å². The van der Waals surface area contributed by atoms with Gasteiger partial charge in [0.05, 0.1) is 0 Å². The van der Waals surface area contributed by atoms with Crippen LogP contribution in [-0.4, -0.2) is 37.0 Å². The average Bonchev–Trinajstić information content (AvgIpc) is 2.30. The zero-order valence-electron chi connectivity index (χ0n) is 11.4. The van der Waals surface area contributed by atoms with E-state index in [0.717, 1.165) is 13.1 Å². The fraction of sp³-hybridized carbons (Fsp3) is 0.571. The Bertz CT molecular complexity index is 328. The molecule has 0 heterocycles. The number of benzene rings is 1. The van der Waals surface area contributed by atoms with E-state index < -0.39 is 0 Å². The lowest BCUT2D eigenvalue weighted by atomic mass is 10.1. The summed E-state index contributed by atoms with van der Waals surface area (Å²) < 4.78 is 0. The fourth-order valence-corrected chi connectivity index (χ4v) is 2.59. The Morgan fingerprint density at radius 1 is 1.35 bits per heavy atom. The summed E-state index contributed by atoms with van der Waals surface area (Å²) in [6.45, 7) is 4.26. The number of nitrogens with zero attached hydrogens (tertiary/aromatic N) is 1. The van der Waals surface area contributed by atoms with E-state index in [2.05, 4.69) is 54.7 Å². The maximum Gasteiger partial charge on any atom is 0.0233 e. The SMILES string of the molecule is CNCc1cccc(CN(C)C(C)CSC)c1. The Labute approximate surface area is 110 Å². The topological polar surface area (TPSA) is 15.3 Å². The molecule has 0 aliphatic carbocycles. The molecule has 0 amide bonds. The molecule has 1 atom stereocenters. The van der Waals surface area contributed by atoms with E-state index in [1.807, 2.05) is 18.8 Å². The number of hydrogen-bond acceptors (Lipinski definition) is 3. The molecule has 1 aromatic rings. The molecule has 17 heavy (non-hydrogen) atoms. The summed E-state index contributed by atoms with van der Waals surface area (Å²) in [7, 11) is 4.19. The lowest BCUT2D eigenvalue weighted by Gasteiger charge is -2.24. The van der Waals surface area contributed by atoms with Crippen LogP contribution in [0.4, 0.5) is 0 Å². The van der Waals surface area contributed by atoms with Gasteiger partial charge in [0, 0.05) is 24.9 Å². The van der Waals surface area contributed by atoms with Crippen LogP contribution in [-0.2, 0) is 13.1 Å². The molecule has 0 saturated heterocycles. The van der Waals surface area contributed by atoms with Gasteiger partial charge in [-0.3, -0.25) is 4.90 Å². The van der Waals surface area contributed by atoms with Crippen LogP contribution in [0.2, 0.25) is 0 Å². The third kappa shape index (κ3) is 5.11. The average molecular weight is 252 g/mol. The van der Waals surface area contributed by atoms with Crippen molar-refractivity contribution >= 4 is 11.8 Å². The number of hydrogen-bond donors (Lipinski definition) is 1. The first-order valence-corrected chi connectivity index (χ1v) is 7.48. The molecular weight excluding hydrogens is 228 g/mol. The molecule has 0 spiro atoms. The Hall–Kier alpha value is -0.510. The third-order valence-electron chi connectivity index (χ3n) is 2.96. The largest absolute Gasteiger partial charge is 0.316 e. The molecule has 1 rings (SSSR count). The van der Waals surface area contributed by atoms with E-state index in [9.17, 15) is 0 Å². The van der Waals surface area contributed by atoms with Crippen molar-refractivity contribution in [2.75, 3.05) is 26.1 Å². The molecule has 3 heteroatoms. The van der Waals surface area contributed by atoms with Crippen LogP contribution in [0.15, 0.2) is 24.3 Å². The molecule has 1 unspecified atom stereocenters. The van der Waals surface area contributed by atoms with Crippen LogP contribution >= 0.6 is 11.8 Å². The highest BCUT2D eigenvalue weighted by Crippen LogP contribution is 2.11. The number of nitrogens with one attached hydrogen (secondary N) is 1. The Balaban J connectivity index is 2.58. The summed E-state index contributed by atoms with van der Waals surface area (Å²) in [4.78, 5) is 2.41. The highest BCUT2D eigenvalue weighted by Gasteiger charge is 2.08. The van der Waals surface area contributed by atoms with Crippen molar-refractivity contribution in [3.8, 4) is 0 Å². The summed E-state index contributed by atoms with van der Waals surface area (Å²) in [6, 6.07) is 9.44. The van der Waals surface area contributed by atoms with Crippen molar-refractivity contribution < 1.29 is 0 Å². The van der Waals surface area contributed by atoms with E-state index >= 15 is 0 Å². The lowest BCUT2D eigenvalue weighted by Crippen LogP contribution is -2.30. The smallest absolute Gasteiger partial charge is 0.0233 e. The maximum absolute atomic E-state index is 3.19. The van der Waals surface area contributed by atoms with Gasteiger partial charge in [-0.1, -0.05) is 24.3 Å². The van der Waals surface area contributed by atoms with Crippen LogP contribution < -0.4 is 5.32 Å². The minimum atomic E-state index is 0.623. The minimum absolute atomic E-state index is 0.623. The fourth-order valence-electron chi connectivity index (χ4n) is 1.85. The Kier molecular flexibility index (Phi) is 6.63. The highest BCUT2D eigenvalue weighted by atomic mass is 32.2. The second kappa shape index (κ2) is 7.75. The second-order valence-corrected chi connectivity index (χ2v) is 5.48. The van der Waals surface area contributed by atoms with Crippen LogP contribution in [0.1, 0.15) is 18.1 Å². The first kappa shape index (κ1) is 14.6. The molecule has 1 N–H and O–H groups in total. The van der Waals surface area contributed by atoms with E-state index in [1.54, 1.807) is 0 Å². The van der Waals surface area contributed by atoms with Gasteiger partial charge in [-0.2, -0.15) is 11.8 Å².